The largest absolute Gasteiger partial charge is 0.349 e. The number of nitrogens with zero attached hydrogens (tertiary/aromatic N) is 4. The standard InChI is InChI=1S/C11H20N6O/c1-17-6-2-3-9(8-17)4-5-11(18)12-7-10-13-15-16-14-10/h9H,2-8H2,1H3,(H,12,18)(H,13,14,15,16). The third kappa shape index (κ3) is 4.06. The van der Waals surface area contributed by atoms with Gasteiger partial charge in [-0.1, -0.05) is 5.21 Å². The second-order valence-electron chi connectivity index (χ2n) is 4.91. The summed E-state index contributed by atoms with van der Waals surface area (Å²) < 4.78 is 0. The number of hydrogen-bond donors (Lipinski definition) is 2. The van der Waals surface area contributed by atoms with E-state index < -0.39 is 0 Å². The van der Waals surface area contributed by atoms with E-state index in [1.165, 1.54) is 19.4 Å². The Kier molecular flexibility index (Phi) is 4.63. The smallest absolute Gasteiger partial charge is 0.220 e. The van der Waals surface area contributed by atoms with Gasteiger partial charge in [-0.2, -0.15) is 5.21 Å². The van der Waals surface area contributed by atoms with Crippen LogP contribution < -0.4 is 5.32 Å². The van der Waals surface area contributed by atoms with Crippen molar-refractivity contribution < 1.29 is 4.79 Å². The molecule has 1 aliphatic heterocycles. The monoisotopic (exact) mass is 252 g/mol. The lowest BCUT2D eigenvalue weighted by Crippen LogP contribution is -2.33. The Labute approximate surface area is 106 Å². The maximum absolute atomic E-state index is 11.7. The molecule has 1 aliphatic rings. The van der Waals surface area contributed by atoms with Gasteiger partial charge in [0, 0.05) is 13.0 Å². The topological polar surface area (TPSA) is 86.8 Å². The highest BCUT2D eigenvalue weighted by Crippen LogP contribution is 2.19. The molecule has 18 heavy (non-hydrogen) atoms. The number of rotatable bonds is 5. The normalized spacial score (nSPS) is 20.8. The number of tetrazole rings is 1. The Morgan fingerprint density at radius 2 is 2.50 bits per heavy atom. The van der Waals surface area contributed by atoms with Gasteiger partial charge in [-0.15, -0.1) is 10.2 Å². The van der Waals surface area contributed by atoms with Gasteiger partial charge in [0.15, 0.2) is 5.82 Å². The molecule has 7 heteroatoms. The van der Waals surface area contributed by atoms with Crippen molar-refractivity contribution >= 4 is 5.91 Å². The molecule has 2 rings (SSSR count). The first-order valence-corrected chi connectivity index (χ1v) is 6.41. The molecule has 0 spiro atoms. The summed E-state index contributed by atoms with van der Waals surface area (Å²) in [4.78, 5) is 14.0. The van der Waals surface area contributed by atoms with Crippen LogP contribution in [0.3, 0.4) is 0 Å². The minimum absolute atomic E-state index is 0.0630. The third-order valence-corrected chi connectivity index (χ3v) is 3.33. The molecule has 0 saturated carbocycles. The number of carbonyl (C=O) groups is 1. The summed E-state index contributed by atoms with van der Waals surface area (Å²) in [6.45, 7) is 2.64. The molecule has 1 aromatic heterocycles. The van der Waals surface area contributed by atoms with Gasteiger partial charge >= 0.3 is 0 Å². The number of amides is 1. The van der Waals surface area contributed by atoms with Crippen LogP contribution in [0.2, 0.25) is 0 Å². The molecule has 0 aromatic carbocycles. The van der Waals surface area contributed by atoms with Crippen molar-refractivity contribution in [2.75, 3.05) is 20.1 Å². The first-order chi connectivity index (χ1) is 8.74. The Morgan fingerprint density at radius 3 is 3.22 bits per heavy atom. The van der Waals surface area contributed by atoms with E-state index in [9.17, 15) is 4.79 Å². The summed E-state index contributed by atoms with van der Waals surface area (Å²) in [5, 5.41) is 16.1. The Bertz CT molecular complexity index is 366. The predicted molar refractivity (Wildman–Crippen MR) is 65.5 cm³/mol. The summed E-state index contributed by atoms with van der Waals surface area (Å²) in [7, 11) is 2.14. The number of aromatic amines is 1. The van der Waals surface area contributed by atoms with E-state index in [1.54, 1.807) is 0 Å². The average Bonchev–Trinajstić information content (AvgIpc) is 2.87. The van der Waals surface area contributed by atoms with E-state index in [1.807, 2.05) is 0 Å². The number of carbonyl (C=O) groups excluding carboxylic acids is 1. The highest BCUT2D eigenvalue weighted by molar-refractivity contribution is 5.75. The molecule has 0 aliphatic carbocycles. The van der Waals surface area contributed by atoms with Crippen molar-refractivity contribution in [1.82, 2.24) is 30.8 Å². The van der Waals surface area contributed by atoms with Gasteiger partial charge in [0.05, 0.1) is 6.54 Å². The van der Waals surface area contributed by atoms with Crippen LogP contribution >= 0.6 is 0 Å². The molecule has 1 aromatic rings. The average molecular weight is 252 g/mol. The van der Waals surface area contributed by atoms with Gasteiger partial charge < -0.3 is 10.2 Å². The van der Waals surface area contributed by atoms with E-state index in [0.29, 0.717) is 24.7 Å². The van der Waals surface area contributed by atoms with Gasteiger partial charge in [0.2, 0.25) is 5.91 Å². The zero-order valence-corrected chi connectivity index (χ0v) is 10.7. The lowest BCUT2D eigenvalue weighted by molar-refractivity contribution is -0.121. The summed E-state index contributed by atoms with van der Waals surface area (Å²) in [6, 6.07) is 0. The Hall–Kier alpha value is -1.50. The van der Waals surface area contributed by atoms with Crippen molar-refractivity contribution in [2.24, 2.45) is 5.92 Å². The van der Waals surface area contributed by atoms with Crippen LogP contribution in [0.25, 0.3) is 0 Å². The van der Waals surface area contributed by atoms with Crippen molar-refractivity contribution in [3.8, 4) is 0 Å². The maximum atomic E-state index is 11.7. The molecule has 1 atom stereocenters. The number of nitrogens with one attached hydrogen (secondary N) is 2. The molecule has 1 fully saturated rings. The SMILES string of the molecule is CN1CCCC(CCC(=O)NCc2nn[nH]n2)C1. The molecule has 0 bridgehead atoms. The quantitative estimate of drug-likeness (QED) is 0.766. The molecular formula is C11H20N6O. The fourth-order valence-corrected chi connectivity index (χ4v) is 2.37. The molecule has 1 unspecified atom stereocenters. The number of piperidine rings is 1. The van der Waals surface area contributed by atoms with E-state index in [2.05, 4.69) is 37.9 Å². The summed E-state index contributed by atoms with van der Waals surface area (Å²) >= 11 is 0. The van der Waals surface area contributed by atoms with Crippen LogP contribution in [-0.2, 0) is 11.3 Å². The molecule has 1 saturated heterocycles. The lowest BCUT2D eigenvalue weighted by atomic mass is 9.93. The second kappa shape index (κ2) is 6.44. The van der Waals surface area contributed by atoms with Crippen molar-refractivity contribution in [1.29, 1.82) is 0 Å². The summed E-state index contributed by atoms with van der Waals surface area (Å²) in [5.41, 5.74) is 0. The van der Waals surface area contributed by atoms with E-state index in [4.69, 9.17) is 0 Å². The summed E-state index contributed by atoms with van der Waals surface area (Å²) in [6.07, 6.45) is 4.02. The number of H-pyrrole nitrogens is 1. The number of hydrogen-bond acceptors (Lipinski definition) is 5. The van der Waals surface area contributed by atoms with Crippen LogP contribution in [0.5, 0.6) is 0 Å². The second-order valence-corrected chi connectivity index (χ2v) is 4.91. The van der Waals surface area contributed by atoms with Crippen molar-refractivity contribution in [3.63, 3.8) is 0 Å². The molecule has 100 valence electrons. The van der Waals surface area contributed by atoms with Crippen LogP contribution in [0.4, 0.5) is 0 Å². The summed E-state index contributed by atoms with van der Waals surface area (Å²) in [5.74, 6) is 1.23. The van der Waals surface area contributed by atoms with Gasteiger partial charge in [0.1, 0.15) is 0 Å². The van der Waals surface area contributed by atoms with Gasteiger partial charge in [-0.05, 0) is 38.8 Å². The minimum Gasteiger partial charge on any atom is -0.349 e. The third-order valence-electron chi connectivity index (χ3n) is 3.33. The number of likely N-dealkylation sites (tertiary alicyclic amines) is 1. The zero-order valence-electron chi connectivity index (χ0n) is 10.7. The Balaban J connectivity index is 1.62. The number of aromatic nitrogens is 4. The predicted octanol–water partition coefficient (Wildman–Crippen LogP) is -0.0621. The van der Waals surface area contributed by atoms with E-state index in [0.717, 1.165) is 13.0 Å². The molecule has 2 heterocycles. The van der Waals surface area contributed by atoms with Gasteiger partial charge in [0.25, 0.3) is 0 Å². The first-order valence-electron chi connectivity index (χ1n) is 6.41. The van der Waals surface area contributed by atoms with Crippen molar-refractivity contribution in [2.45, 2.75) is 32.2 Å². The van der Waals surface area contributed by atoms with Crippen LogP contribution in [-0.4, -0.2) is 51.6 Å². The van der Waals surface area contributed by atoms with E-state index in [-0.39, 0.29) is 5.91 Å². The molecular weight excluding hydrogens is 232 g/mol. The Morgan fingerprint density at radius 1 is 1.61 bits per heavy atom. The van der Waals surface area contributed by atoms with E-state index >= 15 is 0 Å². The fraction of sp³-hybridized carbons (Fsp3) is 0.818. The molecule has 0 radical (unpaired) electrons. The lowest BCUT2D eigenvalue weighted by Gasteiger charge is -2.29. The zero-order chi connectivity index (χ0) is 12.8. The fourth-order valence-electron chi connectivity index (χ4n) is 2.37. The van der Waals surface area contributed by atoms with Gasteiger partial charge in [-0.25, -0.2) is 0 Å². The first kappa shape index (κ1) is 12.9. The minimum atomic E-state index is 0.0630. The highest BCUT2D eigenvalue weighted by Gasteiger charge is 2.17. The molecule has 7 nitrogen and oxygen atoms in total. The maximum Gasteiger partial charge on any atom is 0.220 e. The molecule has 2 N–H and O–H groups in total. The van der Waals surface area contributed by atoms with Crippen LogP contribution in [0, 0.1) is 5.92 Å². The van der Waals surface area contributed by atoms with Crippen LogP contribution in [0.15, 0.2) is 0 Å². The molecule has 1 amide bonds. The highest BCUT2D eigenvalue weighted by atomic mass is 16.1. The van der Waals surface area contributed by atoms with Gasteiger partial charge in [-0.3, -0.25) is 4.79 Å². The van der Waals surface area contributed by atoms with Crippen LogP contribution in [0.1, 0.15) is 31.5 Å². The van der Waals surface area contributed by atoms with Crippen molar-refractivity contribution in [3.05, 3.63) is 5.82 Å².